The third-order valence-electron chi connectivity index (χ3n) is 12.8. The van der Waals surface area contributed by atoms with Crippen molar-refractivity contribution >= 4 is 18.0 Å². The number of hydrogen-bond donors (Lipinski definition) is 1. The number of furan rings is 1. The third-order valence-corrected chi connectivity index (χ3v) is 12.8. The number of rotatable bonds is 5. The first-order valence-corrected chi connectivity index (χ1v) is 16.1. The van der Waals surface area contributed by atoms with Crippen LogP contribution in [0.4, 0.5) is 0 Å². The molecule has 3 saturated carbocycles. The molecule has 44 heavy (non-hydrogen) atoms. The van der Waals surface area contributed by atoms with Crippen LogP contribution in [0.1, 0.15) is 77.3 Å². The van der Waals surface area contributed by atoms with Crippen LogP contribution in [-0.4, -0.2) is 48.1 Å². The highest BCUT2D eigenvalue weighted by molar-refractivity contribution is 5.87. The number of allylic oxidation sites excluding steroid dienone is 1. The molecule has 4 fully saturated rings. The SMILES string of the molecule is CC(=O)OC1CC(OC(=O)C=Cc2ccccc2)C2(C)C3C(OCC13C)C(O)C1(C)C3=CCC(c4ccoc4)C3(C)CCC12. The van der Waals surface area contributed by atoms with Crippen LogP contribution in [0.5, 0.6) is 0 Å². The van der Waals surface area contributed by atoms with E-state index in [9.17, 15) is 14.7 Å². The number of hydrogen-bond acceptors (Lipinski definition) is 7. The van der Waals surface area contributed by atoms with Gasteiger partial charge in [0.05, 0.1) is 31.3 Å². The molecule has 4 aliphatic carbocycles. The van der Waals surface area contributed by atoms with E-state index in [2.05, 4.69) is 39.8 Å². The van der Waals surface area contributed by atoms with E-state index in [4.69, 9.17) is 18.6 Å². The van der Waals surface area contributed by atoms with Crippen LogP contribution in [-0.2, 0) is 23.8 Å². The number of ether oxygens (including phenoxy) is 3. The van der Waals surface area contributed by atoms with Crippen molar-refractivity contribution in [2.75, 3.05) is 6.61 Å². The van der Waals surface area contributed by atoms with Crippen LogP contribution in [0.3, 0.4) is 0 Å². The van der Waals surface area contributed by atoms with Gasteiger partial charge in [-0.25, -0.2) is 4.79 Å². The van der Waals surface area contributed by atoms with Gasteiger partial charge in [-0.05, 0) is 59.8 Å². The van der Waals surface area contributed by atoms with Crippen molar-refractivity contribution in [3.05, 3.63) is 77.8 Å². The van der Waals surface area contributed by atoms with E-state index in [0.717, 1.165) is 24.8 Å². The molecule has 7 nitrogen and oxygen atoms in total. The minimum Gasteiger partial charge on any atom is -0.472 e. The Morgan fingerprint density at radius 2 is 1.82 bits per heavy atom. The lowest BCUT2D eigenvalue weighted by atomic mass is 9.36. The summed E-state index contributed by atoms with van der Waals surface area (Å²) in [5, 5.41) is 12.4. The molecule has 7 rings (SSSR count). The molecule has 1 aromatic carbocycles. The summed E-state index contributed by atoms with van der Waals surface area (Å²) in [6, 6.07) is 11.7. The predicted molar refractivity (Wildman–Crippen MR) is 164 cm³/mol. The summed E-state index contributed by atoms with van der Waals surface area (Å²) in [7, 11) is 0. The quantitative estimate of drug-likeness (QED) is 0.239. The lowest BCUT2D eigenvalue weighted by Gasteiger charge is -2.69. The summed E-state index contributed by atoms with van der Waals surface area (Å²) in [4.78, 5) is 25.8. The number of benzene rings is 1. The molecule has 1 aliphatic heterocycles. The molecule has 0 bridgehead atoms. The molecule has 0 spiro atoms. The maximum absolute atomic E-state index is 13.5. The van der Waals surface area contributed by atoms with Crippen molar-refractivity contribution in [2.45, 2.75) is 90.6 Å². The minimum atomic E-state index is -0.758. The molecular weight excluding hydrogens is 556 g/mol. The number of carbonyl (C=O) groups is 2. The second-order valence-electron chi connectivity index (χ2n) is 14.8. The first kappa shape index (κ1) is 29.5. The van der Waals surface area contributed by atoms with E-state index in [-0.39, 0.29) is 29.1 Å². The molecule has 0 amide bonds. The Labute approximate surface area is 259 Å². The van der Waals surface area contributed by atoms with E-state index in [1.165, 1.54) is 24.1 Å². The fraction of sp³-hybridized carbons (Fsp3) is 0.568. The number of carbonyl (C=O) groups excluding carboxylic acids is 2. The average Bonchev–Trinajstić information content (AvgIpc) is 3.72. The van der Waals surface area contributed by atoms with E-state index in [0.29, 0.717) is 13.0 Å². The fourth-order valence-corrected chi connectivity index (χ4v) is 10.9. The zero-order valence-electron chi connectivity index (χ0n) is 26.3. The molecule has 7 heteroatoms. The van der Waals surface area contributed by atoms with Gasteiger partial charge in [-0.15, -0.1) is 0 Å². The highest BCUT2D eigenvalue weighted by Crippen LogP contribution is 2.75. The molecule has 11 unspecified atom stereocenters. The van der Waals surface area contributed by atoms with E-state index >= 15 is 0 Å². The van der Waals surface area contributed by atoms with Gasteiger partial charge in [0.2, 0.25) is 0 Å². The first-order chi connectivity index (χ1) is 20.9. The molecule has 1 aromatic heterocycles. The molecule has 2 heterocycles. The van der Waals surface area contributed by atoms with Crippen molar-refractivity contribution in [1.29, 1.82) is 0 Å². The second kappa shape index (κ2) is 10.2. The number of esters is 2. The van der Waals surface area contributed by atoms with Crippen LogP contribution in [0, 0.1) is 33.5 Å². The van der Waals surface area contributed by atoms with Gasteiger partial charge in [-0.2, -0.15) is 0 Å². The van der Waals surface area contributed by atoms with Gasteiger partial charge in [-0.3, -0.25) is 4.79 Å². The smallest absolute Gasteiger partial charge is 0.331 e. The van der Waals surface area contributed by atoms with Gasteiger partial charge in [0.1, 0.15) is 12.2 Å². The predicted octanol–water partition coefficient (Wildman–Crippen LogP) is 6.48. The van der Waals surface area contributed by atoms with Crippen LogP contribution in [0.15, 0.2) is 71.1 Å². The Bertz CT molecular complexity index is 1490. The van der Waals surface area contributed by atoms with Gasteiger partial charge in [0.25, 0.3) is 0 Å². The lowest BCUT2D eigenvalue weighted by molar-refractivity contribution is -0.262. The number of fused-ring (bicyclic) bond motifs is 4. The van der Waals surface area contributed by atoms with Crippen molar-refractivity contribution in [3.63, 3.8) is 0 Å². The summed E-state index contributed by atoms with van der Waals surface area (Å²) >= 11 is 0. The summed E-state index contributed by atoms with van der Waals surface area (Å²) in [6.45, 7) is 10.7. The monoisotopic (exact) mass is 600 g/mol. The third kappa shape index (κ3) is 4.00. The Hall–Kier alpha value is -3.16. The molecule has 1 saturated heterocycles. The summed E-state index contributed by atoms with van der Waals surface area (Å²) < 4.78 is 24.5. The summed E-state index contributed by atoms with van der Waals surface area (Å²) in [5.74, 6) is -0.669. The molecule has 234 valence electrons. The van der Waals surface area contributed by atoms with Gasteiger partial charge < -0.3 is 23.7 Å². The van der Waals surface area contributed by atoms with E-state index in [1.807, 2.05) is 36.6 Å². The largest absolute Gasteiger partial charge is 0.472 e. The van der Waals surface area contributed by atoms with Gasteiger partial charge in [0, 0.05) is 41.6 Å². The number of aliphatic hydroxyl groups excluding tert-OH is 1. The molecule has 0 radical (unpaired) electrons. The Morgan fingerprint density at radius 3 is 2.52 bits per heavy atom. The lowest BCUT2D eigenvalue weighted by Crippen LogP contribution is -2.73. The normalized spacial score (nSPS) is 44.0. The van der Waals surface area contributed by atoms with Crippen molar-refractivity contribution in [3.8, 4) is 0 Å². The van der Waals surface area contributed by atoms with Gasteiger partial charge in [-0.1, -0.05) is 69.7 Å². The fourth-order valence-electron chi connectivity index (χ4n) is 10.9. The summed E-state index contributed by atoms with van der Waals surface area (Å²) in [6.07, 6.45) is 10.0. The van der Waals surface area contributed by atoms with Crippen LogP contribution < -0.4 is 0 Å². The molecule has 1 N–H and O–H groups in total. The highest BCUT2D eigenvalue weighted by atomic mass is 16.6. The molecule has 2 aromatic rings. The van der Waals surface area contributed by atoms with E-state index in [1.54, 1.807) is 12.3 Å². The maximum atomic E-state index is 13.5. The zero-order chi connectivity index (χ0) is 31.1. The standard InChI is InChI=1S/C37H44O7/c1-22(38)43-28-19-29(44-30(39)14-11-23-9-7-6-8-10-23)37(5)27-15-17-34(2)25(24-16-18-41-20-24)12-13-26(34)36(27,4)33(40)31-32(37)35(28,3)21-42-31/h6-11,13-14,16,18,20,25,27-29,31-33,40H,12,15,17,19,21H2,1-5H3. The Morgan fingerprint density at radius 1 is 1.05 bits per heavy atom. The zero-order valence-corrected chi connectivity index (χ0v) is 26.3. The van der Waals surface area contributed by atoms with Crippen molar-refractivity contribution < 1.29 is 33.3 Å². The van der Waals surface area contributed by atoms with E-state index < -0.39 is 46.6 Å². The van der Waals surface area contributed by atoms with Crippen molar-refractivity contribution in [2.24, 2.45) is 33.5 Å². The topological polar surface area (TPSA) is 95.2 Å². The minimum absolute atomic E-state index is 0.0175. The molecule has 5 aliphatic rings. The average molecular weight is 601 g/mol. The van der Waals surface area contributed by atoms with Crippen LogP contribution in [0.2, 0.25) is 0 Å². The molecule has 11 atom stereocenters. The number of aliphatic hydroxyl groups is 1. The maximum Gasteiger partial charge on any atom is 0.331 e. The van der Waals surface area contributed by atoms with Crippen LogP contribution in [0.25, 0.3) is 6.08 Å². The van der Waals surface area contributed by atoms with Crippen LogP contribution >= 0.6 is 0 Å². The van der Waals surface area contributed by atoms with Gasteiger partial charge in [0.15, 0.2) is 0 Å². The highest BCUT2D eigenvalue weighted by Gasteiger charge is 2.77. The second-order valence-corrected chi connectivity index (χ2v) is 14.8. The first-order valence-electron chi connectivity index (χ1n) is 16.1. The Kier molecular flexibility index (Phi) is 6.84. The Balaban J connectivity index is 1.30. The molecular formula is C37H44O7. The summed E-state index contributed by atoms with van der Waals surface area (Å²) in [5.41, 5.74) is 1.60. The van der Waals surface area contributed by atoms with Gasteiger partial charge >= 0.3 is 11.9 Å². The van der Waals surface area contributed by atoms with Crippen molar-refractivity contribution in [1.82, 2.24) is 0 Å².